The summed E-state index contributed by atoms with van der Waals surface area (Å²) in [4.78, 5) is 0. The monoisotopic (exact) mass is 211 g/mol. The smallest absolute Gasteiger partial charge is 0.123 e. The molecule has 0 saturated heterocycles. The topological polar surface area (TPSA) is 12.0 Å². The highest BCUT2D eigenvalue weighted by Crippen LogP contribution is 2.13. The summed E-state index contributed by atoms with van der Waals surface area (Å²) in [6.07, 6.45) is 0. The molecule has 0 aliphatic carbocycles. The summed E-state index contributed by atoms with van der Waals surface area (Å²) in [6, 6.07) is 7.33. The van der Waals surface area contributed by atoms with Crippen LogP contribution in [0.5, 0.6) is 0 Å². The van der Waals surface area contributed by atoms with E-state index in [4.69, 9.17) is 0 Å². The van der Waals surface area contributed by atoms with Crippen LogP contribution in [0.15, 0.2) is 24.3 Å². The molecule has 2 heteroatoms. The minimum atomic E-state index is -0.171. The van der Waals surface area contributed by atoms with E-state index in [2.05, 4.69) is 19.2 Å². The molecule has 1 aromatic rings. The molecule has 1 aromatic carbocycles. The average molecular weight is 211 g/mol. The van der Waals surface area contributed by atoms with E-state index in [0.717, 1.165) is 5.56 Å². The summed E-state index contributed by atoms with van der Waals surface area (Å²) in [7, 11) is 0. The van der Waals surface area contributed by atoms with Gasteiger partial charge in [0.15, 0.2) is 0 Å². The molecule has 1 N–H and O–H groups in total. The minimum absolute atomic E-state index is 0.171. The first kappa shape index (κ1) is 14.1. The minimum Gasteiger partial charge on any atom is -0.308 e. The Kier molecular flexibility index (Phi) is 6.97. The van der Waals surface area contributed by atoms with Gasteiger partial charge in [-0.3, -0.25) is 0 Å². The van der Waals surface area contributed by atoms with E-state index < -0.39 is 0 Å². The fourth-order valence-corrected chi connectivity index (χ4v) is 1.37. The molecule has 0 radical (unpaired) electrons. The zero-order valence-corrected chi connectivity index (χ0v) is 10.3. The van der Waals surface area contributed by atoms with Gasteiger partial charge in [-0.05, 0) is 24.6 Å². The largest absolute Gasteiger partial charge is 0.308 e. The molecule has 0 spiro atoms. The van der Waals surface area contributed by atoms with Crippen LogP contribution in [-0.4, -0.2) is 6.04 Å². The third-order valence-corrected chi connectivity index (χ3v) is 1.93. The average Bonchev–Trinajstić information content (AvgIpc) is 2.20. The van der Waals surface area contributed by atoms with Crippen LogP contribution in [0.25, 0.3) is 0 Å². The SMILES string of the molecule is CC.CC(C)NC(C)c1cccc(F)c1. The summed E-state index contributed by atoms with van der Waals surface area (Å²) >= 11 is 0. The van der Waals surface area contributed by atoms with E-state index in [1.54, 1.807) is 12.1 Å². The van der Waals surface area contributed by atoms with Gasteiger partial charge in [0.2, 0.25) is 0 Å². The maximum absolute atomic E-state index is 12.8. The van der Waals surface area contributed by atoms with Crippen LogP contribution in [0.2, 0.25) is 0 Å². The van der Waals surface area contributed by atoms with Crippen molar-refractivity contribution in [1.82, 2.24) is 5.32 Å². The van der Waals surface area contributed by atoms with Crippen molar-refractivity contribution in [3.05, 3.63) is 35.6 Å². The number of hydrogen-bond acceptors (Lipinski definition) is 1. The second-order valence-corrected chi connectivity index (χ2v) is 3.60. The van der Waals surface area contributed by atoms with Gasteiger partial charge < -0.3 is 5.32 Å². The van der Waals surface area contributed by atoms with E-state index in [9.17, 15) is 4.39 Å². The lowest BCUT2D eigenvalue weighted by molar-refractivity contribution is 0.503. The van der Waals surface area contributed by atoms with Crippen LogP contribution in [0.1, 0.15) is 46.2 Å². The third kappa shape index (κ3) is 5.53. The molecule has 86 valence electrons. The van der Waals surface area contributed by atoms with E-state index in [0.29, 0.717) is 6.04 Å². The van der Waals surface area contributed by atoms with Gasteiger partial charge in [0, 0.05) is 12.1 Å². The molecule has 0 bridgehead atoms. The molecule has 0 heterocycles. The Bertz CT molecular complexity index is 271. The predicted octanol–water partition coefficient (Wildman–Crippen LogP) is 3.91. The highest BCUT2D eigenvalue weighted by atomic mass is 19.1. The second-order valence-electron chi connectivity index (χ2n) is 3.60. The molecule has 0 amide bonds. The Morgan fingerprint density at radius 3 is 2.20 bits per heavy atom. The lowest BCUT2D eigenvalue weighted by Crippen LogP contribution is -2.26. The number of benzene rings is 1. The van der Waals surface area contributed by atoms with Gasteiger partial charge in [0.25, 0.3) is 0 Å². The van der Waals surface area contributed by atoms with Crippen molar-refractivity contribution in [1.29, 1.82) is 0 Å². The van der Waals surface area contributed by atoms with Gasteiger partial charge in [-0.1, -0.05) is 39.8 Å². The van der Waals surface area contributed by atoms with Gasteiger partial charge in [-0.25, -0.2) is 4.39 Å². The first-order chi connectivity index (χ1) is 7.09. The Hall–Kier alpha value is -0.890. The van der Waals surface area contributed by atoms with Crippen LogP contribution in [0.3, 0.4) is 0 Å². The molecule has 15 heavy (non-hydrogen) atoms. The van der Waals surface area contributed by atoms with Crippen LogP contribution < -0.4 is 5.32 Å². The Balaban J connectivity index is 0.000000921. The molecule has 0 aromatic heterocycles. The summed E-state index contributed by atoms with van der Waals surface area (Å²) < 4.78 is 12.8. The van der Waals surface area contributed by atoms with E-state index in [1.165, 1.54) is 6.07 Å². The number of rotatable bonds is 3. The quantitative estimate of drug-likeness (QED) is 0.799. The van der Waals surface area contributed by atoms with Crippen molar-refractivity contribution in [3.8, 4) is 0 Å². The van der Waals surface area contributed by atoms with Gasteiger partial charge in [-0.2, -0.15) is 0 Å². The van der Waals surface area contributed by atoms with Crippen molar-refractivity contribution >= 4 is 0 Å². The van der Waals surface area contributed by atoms with E-state index >= 15 is 0 Å². The first-order valence-electron chi connectivity index (χ1n) is 5.61. The lowest BCUT2D eigenvalue weighted by atomic mass is 10.1. The molecule has 1 rings (SSSR count). The van der Waals surface area contributed by atoms with Gasteiger partial charge >= 0.3 is 0 Å². The predicted molar refractivity (Wildman–Crippen MR) is 64.4 cm³/mol. The van der Waals surface area contributed by atoms with Crippen LogP contribution >= 0.6 is 0 Å². The van der Waals surface area contributed by atoms with Crippen LogP contribution in [-0.2, 0) is 0 Å². The molecule has 1 unspecified atom stereocenters. The normalized spacial score (nSPS) is 11.9. The molecule has 0 aliphatic rings. The second kappa shape index (κ2) is 7.41. The summed E-state index contributed by atoms with van der Waals surface area (Å²) in [5.41, 5.74) is 0.994. The van der Waals surface area contributed by atoms with Gasteiger partial charge in [-0.15, -0.1) is 0 Å². The van der Waals surface area contributed by atoms with Crippen molar-refractivity contribution < 1.29 is 4.39 Å². The van der Waals surface area contributed by atoms with Gasteiger partial charge in [0.1, 0.15) is 5.82 Å². The molecule has 0 fully saturated rings. The Morgan fingerprint density at radius 2 is 1.73 bits per heavy atom. The number of hydrogen-bond donors (Lipinski definition) is 1. The third-order valence-electron chi connectivity index (χ3n) is 1.93. The van der Waals surface area contributed by atoms with Crippen LogP contribution in [0, 0.1) is 5.82 Å². The molecular weight excluding hydrogens is 189 g/mol. The number of nitrogens with one attached hydrogen (secondary N) is 1. The van der Waals surface area contributed by atoms with E-state index in [1.807, 2.05) is 26.8 Å². The maximum Gasteiger partial charge on any atom is 0.123 e. The standard InChI is InChI=1S/C11H16FN.C2H6/c1-8(2)13-9(3)10-5-4-6-11(12)7-10;1-2/h4-9,13H,1-3H3;1-2H3. The fraction of sp³-hybridized carbons (Fsp3) is 0.538. The van der Waals surface area contributed by atoms with Gasteiger partial charge in [0.05, 0.1) is 0 Å². The molecular formula is C13H22FN. The summed E-state index contributed by atoms with van der Waals surface area (Å²) in [5.74, 6) is -0.171. The van der Waals surface area contributed by atoms with Crippen LogP contribution in [0.4, 0.5) is 4.39 Å². The number of halogens is 1. The van der Waals surface area contributed by atoms with E-state index in [-0.39, 0.29) is 11.9 Å². The zero-order chi connectivity index (χ0) is 11.8. The summed E-state index contributed by atoms with van der Waals surface area (Å²) in [6.45, 7) is 10.2. The zero-order valence-electron chi connectivity index (χ0n) is 10.3. The molecule has 0 aliphatic heterocycles. The van der Waals surface area contributed by atoms with Crippen molar-refractivity contribution in [2.45, 2.75) is 46.7 Å². The Labute approximate surface area is 92.7 Å². The van der Waals surface area contributed by atoms with Crippen molar-refractivity contribution in [2.24, 2.45) is 0 Å². The van der Waals surface area contributed by atoms with Crippen molar-refractivity contribution in [2.75, 3.05) is 0 Å². The summed E-state index contributed by atoms with van der Waals surface area (Å²) in [5, 5.41) is 3.32. The first-order valence-corrected chi connectivity index (χ1v) is 5.61. The molecule has 1 atom stereocenters. The lowest BCUT2D eigenvalue weighted by Gasteiger charge is -2.16. The Morgan fingerprint density at radius 1 is 1.13 bits per heavy atom. The van der Waals surface area contributed by atoms with Crippen molar-refractivity contribution in [3.63, 3.8) is 0 Å². The maximum atomic E-state index is 12.8. The fourth-order valence-electron chi connectivity index (χ4n) is 1.37. The molecule has 0 saturated carbocycles. The highest BCUT2D eigenvalue weighted by Gasteiger charge is 2.06. The highest BCUT2D eigenvalue weighted by molar-refractivity contribution is 5.19. The molecule has 1 nitrogen and oxygen atoms in total.